The zero-order chi connectivity index (χ0) is 22.9. The zero-order valence-electron chi connectivity index (χ0n) is 17.9. The smallest absolute Gasteiger partial charge is 0.331 e. The molecule has 3 heterocycles. The van der Waals surface area contributed by atoms with E-state index in [2.05, 4.69) is 5.32 Å². The van der Waals surface area contributed by atoms with E-state index in [9.17, 15) is 14.4 Å². The normalized spacial score (nSPS) is 16.6. The summed E-state index contributed by atoms with van der Waals surface area (Å²) in [5.41, 5.74) is 1.57. The molecule has 1 saturated heterocycles. The molecule has 0 radical (unpaired) electrons. The maximum atomic E-state index is 12.7. The van der Waals surface area contributed by atoms with E-state index in [1.165, 1.54) is 6.08 Å². The number of benzene rings is 2. The molecule has 4 amide bonds. The van der Waals surface area contributed by atoms with Crippen LogP contribution >= 0.6 is 0 Å². The van der Waals surface area contributed by atoms with E-state index in [1.54, 1.807) is 13.0 Å². The van der Waals surface area contributed by atoms with Gasteiger partial charge >= 0.3 is 6.03 Å². The molecule has 0 atom stereocenters. The van der Waals surface area contributed by atoms with Crippen LogP contribution in [0.2, 0.25) is 0 Å². The van der Waals surface area contributed by atoms with Gasteiger partial charge in [-0.1, -0.05) is 18.2 Å². The van der Waals surface area contributed by atoms with Crippen molar-refractivity contribution in [2.45, 2.75) is 13.5 Å². The van der Waals surface area contributed by atoms with E-state index in [4.69, 9.17) is 14.2 Å². The first-order chi connectivity index (χ1) is 16.0. The molecule has 2 aromatic carbocycles. The van der Waals surface area contributed by atoms with Crippen molar-refractivity contribution in [2.75, 3.05) is 19.9 Å². The average molecular weight is 447 g/mol. The van der Waals surface area contributed by atoms with Crippen molar-refractivity contribution < 1.29 is 28.6 Å². The van der Waals surface area contributed by atoms with Gasteiger partial charge in [-0.05, 0) is 31.2 Å². The predicted molar refractivity (Wildman–Crippen MR) is 119 cm³/mol. The van der Waals surface area contributed by atoms with Crippen molar-refractivity contribution in [1.29, 1.82) is 0 Å². The number of likely N-dealkylation sites (N-methyl/N-ethyl adjacent to an activating group) is 1. The number of urea groups is 1. The highest BCUT2D eigenvalue weighted by Gasteiger charge is 2.34. The fourth-order valence-electron chi connectivity index (χ4n) is 3.94. The highest BCUT2D eigenvalue weighted by Crippen LogP contribution is 2.35. The summed E-state index contributed by atoms with van der Waals surface area (Å²) in [5.74, 6) is 0.725. The SMILES string of the molecule is CCN1C(=O)NC(=O)/C(=C/c2cn(CCOc3ccc4c(c3)OCO4)c3ccccc23)C1=O. The van der Waals surface area contributed by atoms with Gasteiger partial charge in [-0.2, -0.15) is 0 Å². The number of imide groups is 2. The number of amides is 4. The number of hydrogen-bond acceptors (Lipinski definition) is 6. The lowest BCUT2D eigenvalue weighted by Gasteiger charge is -2.24. The Hall–Kier alpha value is -4.27. The Balaban J connectivity index is 1.39. The van der Waals surface area contributed by atoms with Gasteiger partial charge in [0.15, 0.2) is 11.5 Å². The van der Waals surface area contributed by atoms with Crippen LogP contribution in [0.3, 0.4) is 0 Å². The lowest BCUT2D eigenvalue weighted by atomic mass is 10.1. The average Bonchev–Trinajstić information content (AvgIpc) is 3.41. The molecule has 168 valence electrons. The monoisotopic (exact) mass is 447 g/mol. The number of nitrogens with zero attached hydrogens (tertiary/aromatic N) is 2. The quantitative estimate of drug-likeness (QED) is 0.461. The molecule has 2 aliphatic heterocycles. The van der Waals surface area contributed by atoms with Gasteiger partial charge in [-0.15, -0.1) is 0 Å². The fraction of sp³-hybridized carbons (Fsp3) is 0.208. The van der Waals surface area contributed by atoms with Crippen LogP contribution in [-0.2, 0) is 16.1 Å². The van der Waals surface area contributed by atoms with E-state index >= 15 is 0 Å². The fourth-order valence-corrected chi connectivity index (χ4v) is 3.94. The first-order valence-electron chi connectivity index (χ1n) is 10.5. The first-order valence-corrected chi connectivity index (χ1v) is 10.5. The molecule has 33 heavy (non-hydrogen) atoms. The molecule has 3 aromatic rings. The molecular weight excluding hydrogens is 426 g/mol. The molecule has 1 N–H and O–H groups in total. The Kier molecular flexibility index (Phi) is 5.21. The number of barbiturate groups is 1. The largest absolute Gasteiger partial charge is 0.492 e. The van der Waals surface area contributed by atoms with Crippen molar-refractivity contribution >= 4 is 34.8 Å². The van der Waals surface area contributed by atoms with Gasteiger partial charge < -0.3 is 18.8 Å². The summed E-state index contributed by atoms with van der Waals surface area (Å²) in [6.07, 6.45) is 3.40. The minimum Gasteiger partial charge on any atom is -0.492 e. The van der Waals surface area contributed by atoms with Gasteiger partial charge in [0.1, 0.15) is 17.9 Å². The maximum Gasteiger partial charge on any atom is 0.331 e. The minimum atomic E-state index is -0.701. The lowest BCUT2D eigenvalue weighted by Crippen LogP contribution is -2.53. The van der Waals surface area contributed by atoms with Crippen LogP contribution in [0.1, 0.15) is 12.5 Å². The van der Waals surface area contributed by atoms with Gasteiger partial charge in [0.25, 0.3) is 11.8 Å². The summed E-state index contributed by atoms with van der Waals surface area (Å²) in [7, 11) is 0. The second-order valence-corrected chi connectivity index (χ2v) is 7.53. The lowest BCUT2D eigenvalue weighted by molar-refractivity contribution is -0.129. The van der Waals surface area contributed by atoms with Gasteiger partial charge in [0.05, 0.1) is 6.54 Å². The number of fused-ring (bicyclic) bond motifs is 2. The summed E-state index contributed by atoms with van der Waals surface area (Å²) >= 11 is 0. The number of ether oxygens (including phenoxy) is 3. The van der Waals surface area contributed by atoms with Crippen molar-refractivity contribution in [1.82, 2.24) is 14.8 Å². The van der Waals surface area contributed by atoms with Crippen LogP contribution in [0, 0.1) is 0 Å². The third kappa shape index (κ3) is 3.78. The van der Waals surface area contributed by atoms with Crippen LogP contribution in [0.15, 0.2) is 54.2 Å². The molecule has 2 aliphatic rings. The van der Waals surface area contributed by atoms with Crippen LogP contribution < -0.4 is 19.5 Å². The van der Waals surface area contributed by atoms with Crippen molar-refractivity contribution in [3.05, 3.63) is 59.8 Å². The van der Waals surface area contributed by atoms with E-state index in [1.807, 2.05) is 47.2 Å². The first kappa shape index (κ1) is 20.6. The number of para-hydroxylation sites is 1. The number of rotatable bonds is 6. The molecule has 9 heteroatoms. The van der Waals surface area contributed by atoms with Crippen molar-refractivity contribution in [2.24, 2.45) is 0 Å². The number of carbonyl (C=O) groups excluding carboxylic acids is 3. The zero-order valence-corrected chi connectivity index (χ0v) is 17.9. The van der Waals surface area contributed by atoms with E-state index in [0.717, 1.165) is 15.8 Å². The Bertz CT molecular complexity index is 1310. The second kappa shape index (κ2) is 8.34. The van der Waals surface area contributed by atoms with E-state index in [0.29, 0.717) is 36.0 Å². The topological polar surface area (TPSA) is 99.1 Å². The van der Waals surface area contributed by atoms with E-state index < -0.39 is 17.8 Å². The summed E-state index contributed by atoms with van der Waals surface area (Å²) in [6.45, 7) is 2.99. The molecule has 0 spiro atoms. The minimum absolute atomic E-state index is 0.0732. The molecule has 0 aliphatic carbocycles. The standard InChI is InChI=1S/C24H21N3O6/c1-2-27-23(29)18(22(28)25-24(27)30)11-15-13-26(19-6-4-3-5-17(15)19)9-10-31-16-7-8-20-21(12-16)33-14-32-20/h3-8,11-13H,2,9-10,14H2,1H3,(H,25,28,30)/b18-11-. The summed E-state index contributed by atoms with van der Waals surface area (Å²) < 4.78 is 18.6. The van der Waals surface area contributed by atoms with Crippen LogP contribution in [0.25, 0.3) is 17.0 Å². The van der Waals surface area contributed by atoms with Gasteiger partial charge in [0, 0.05) is 35.3 Å². The highest BCUT2D eigenvalue weighted by atomic mass is 16.7. The third-order valence-electron chi connectivity index (χ3n) is 5.57. The summed E-state index contributed by atoms with van der Waals surface area (Å²) in [5, 5.41) is 3.10. The number of aromatic nitrogens is 1. The van der Waals surface area contributed by atoms with Crippen LogP contribution in [0.4, 0.5) is 4.79 Å². The molecule has 0 unspecified atom stereocenters. The molecule has 0 saturated carbocycles. The van der Waals surface area contributed by atoms with Crippen LogP contribution in [0.5, 0.6) is 17.2 Å². The van der Waals surface area contributed by atoms with Gasteiger partial charge in [-0.25, -0.2) is 4.79 Å². The summed E-state index contributed by atoms with van der Waals surface area (Å²) in [4.78, 5) is 37.9. The molecule has 0 bridgehead atoms. The third-order valence-corrected chi connectivity index (χ3v) is 5.57. The molecule has 5 rings (SSSR count). The Morgan fingerprint density at radius 2 is 1.91 bits per heavy atom. The maximum absolute atomic E-state index is 12.7. The van der Waals surface area contributed by atoms with Crippen molar-refractivity contribution in [3.8, 4) is 17.2 Å². The molecule has 1 fully saturated rings. The second-order valence-electron chi connectivity index (χ2n) is 7.53. The molecular formula is C24H21N3O6. The Morgan fingerprint density at radius 1 is 1.09 bits per heavy atom. The molecule has 1 aromatic heterocycles. The predicted octanol–water partition coefficient (Wildman–Crippen LogP) is 2.93. The number of carbonyl (C=O) groups is 3. The number of nitrogens with one attached hydrogen (secondary N) is 1. The number of hydrogen-bond donors (Lipinski definition) is 1. The van der Waals surface area contributed by atoms with Crippen molar-refractivity contribution in [3.63, 3.8) is 0 Å². The van der Waals surface area contributed by atoms with Gasteiger partial charge in [-0.3, -0.25) is 19.8 Å². The summed E-state index contributed by atoms with van der Waals surface area (Å²) in [6, 6.07) is 12.4. The molecule has 9 nitrogen and oxygen atoms in total. The Labute approximate surface area is 189 Å². The van der Waals surface area contributed by atoms with Crippen LogP contribution in [-0.4, -0.2) is 47.3 Å². The van der Waals surface area contributed by atoms with E-state index in [-0.39, 0.29) is 18.9 Å². The highest BCUT2D eigenvalue weighted by molar-refractivity contribution is 6.31. The van der Waals surface area contributed by atoms with Gasteiger partial charge in [0.2, 0.25) is 6.79 Å². The Morgan fingerprint density at radius 3 is 2.76 bits per heavy atom.